The zero-order valence-corrected chi connectivity index (χ0v) is 13.7. The zero-order chi connectivity index (χ0) is 16.5. The van der Waals surface area contributed by atoms with Gasteiger partial charge in [0.1, 0.15) is 22.1 Å². The van der Waals surface area contributed by atoms with Gasteiger partial charge in [-0.05, 0) is 39.1 Å². The molecule has 1 unspecified atom stereocenters. The summed E-state index contributed by atoms with van der Waals surface area (Å²) < 4.78 is 32.7. The molecule has 0 spiro atoms. The molecule has 0 saturated carbocycles. The first-order valence-corrected chi connectivity index (χ1v) is 8.20. The van der Waals surface area contributed by atoms with E-state index in [1.165, 1.54) is 23.9 Å². The summed E-state index contributed by atoms with van der Waals surface area (Å²) in [7, 11) is -0.641. The van der Waals surface area contributed by atoms with Crippen molar-refractivity contribution in [2.75, 3.05) is 7.05 Å². The van der Waals surface area contributed by atoms with E-state index in [1.54, 1.807) is 20.0 Å². The third-order valence-corrected chi connectivity index (χ3v) is 4.71. The number of hydrogen-bond acceptors (Lipinski definition) is 4. The third kappa shape index (κ3) is 3.23. The standard InChI is InChI=1S/C14H19N3O4S/c1-9-5-6-13(21-9)10(2)16-14(18)12-7-11(8-17(12)4)22(19,20)15-3/h5-8,10,15H,1-4H3,(H,16,18). The average molecular weight is 325 g/mol. The fourth-order valence-corrected chi connectivity index (χ4v) is 2.85. The molecule has 22 heavy (non-hydrogen) atoms. The van der Waals surface area contributed by atoms with Crippen molar-refractivity contribution in [2.45, 2.75) is 24.8 Å². The van der Waals surface area contributed by atoms with E-state index in [0.717, 1.165) is 5.76 Å². The second-order valence-corrected chi connectivity index (χ2v) is 6.91. The molecule has 2 aromatic heterocycles. The van der Waals surface area contributed by atoms with E-state index in [2.05, 4.69) is 10.0 Å². The summed E-state index contributed by atoms with van der Waals surface area (Å²) in [5, 5.41) is 2.78. The molecule has 0 aromatic carbocycles. The van der Waals surface area contributed by atoms with Crippen molar-refractivity contribution >= 4 is 15.9 Å². The van der Waals surface area contributed by atoms with Gasteiger partial charge in [0.25, 0.3) is 5.91 Å². The number of rotatable bonds is 5. The summed E-state index contributed by atoms with van der Waals surface area (Å²) in [5.41, 5.74) is 0.254. The highest BCUT2D eigenvalue weighted by Gasteiger charge is 2.21. The first kappa shape index (κ1) is 16.3. The number of sulfonamides is 1. The molecule has 1 amide bonds. The topological polar surface area (TPSA) is 93.3 Å². The fourth-order valence-electron chi connectivity index (χ4n) is 2.05. The quantitative estimate of drug-likeness (QED) is 0.867. The van der Waals surface area contributed by atoms with Crippen molar-refractivity contribution in [2.24, 2.45) is 7.05 Å². The largest absolute Gasteiger partial charge is 0.464 e. The summed E-state index contributed by atoms with van der Waals surface area (Å²) in [6.45, 7) is 3.62. The van der Waals surface area contributed by atoms with Crippen LogP contribution in [0.3, 0.4) is 0 Å². The maximum atomic E-state index is 12.3. The van der Waals surface area contributed by atoms with Crippen molar-refractivity contribution in [1.29, 1.82) is 0 Å². The Morgan fingerprint density at radius 3 is 2.59 bits per heavy atom. The van der Waals surface area contributed by atoms with Gasteiger partial charge < -0.3 is 14.3 Å². The first-order valence-electron chi connectivity index (χ1n) is 6.71. The van der Waals surface area contributed by atoms with Crippen molar-refractivity contribution < 1.29 is 17.6 Å². The molecule has 2 heterocycles. The molecule has 0 radical (unpaired) electrons. The van der Waals surface area contributed by atoms with Gasteiger partial charge in [-0.15, -0.1) is 0 Å². The van der Waals surface area contributed by atoms with Crippen LogP contribution in [0.15, 0.2) is 33.7 Å². The van der Waals surface area contributed by atoms with E-state index < -0.39 is 10.0 Å². The van der Waals surface area contributed by atoms with Crippen LogP contribution in [-0.4, -0.2) is 25.9 Å². The van der Waals surface area contributed by atoms with Crippen LogP contribution in [0.2, 0.25) is 0 Å². The molecule has 2 rings (SSSR count). The van der Waals surface area contributed by atoms with Gasteiger partial charge in [-0.25, -0.2) is 13.1 Å². The summed E-state index contributed by atoms with van der Waals surface area (Å²) >= 11 is 0. The van der Waals surface area contributed by atoms with Crippen LogP contribution in [0.25, 0.3) is 0 Å². The van der Waals surface area contributed by atoms with E-state index in [0.29, 0.717) is 5.76 Å². The summed E-state index contributed by atoms with van der Waals surface area (Å²) in [5.74, 6) is 1.03. The second-order valence-electron chi connectivity index (χ2n) is 5.02. The second kappa shape index (κ2) is 5.98. The Kier molecular flexibility index (Phi) is 4.43. The number of nitrogens with zero attached hydrogens (tertiary/aromatic N) is 1. The Balaban J connectivity index is 2.20. The SMILES string of the molecule is CNS(=O)(=O)c1cc(C(=O)NC(C)c2ccc(C)o2)n(C)c1. The van der Waals surface area contributed by atoms with Crippen LogP contribution >= 0.6 is 0 Å². The molecular weight excluding hydrogens is 306 g/mol. The molecule has 0 saturated heterocycles. The predicted molar refractivity (Wildman–Crippen MR) is 81.0 cm³/mol. The summed E-state index contributed by atoms with van der Waals surface area (Å²) in [6.07, 6.45) is 1.39. The lowest BCUT2D eigenvalue weighted by Gasteiger charge is -2.11. The van der Waals surface area contributed by atoms with E-state index in [4.69, 9.17) is 4.42 Å². The molecule has 0 aliphatic carbocycles. The average Bonchev–Trinajstić information content (AvgIpc) is 3.05. The molecular formula is C14H19N3O4S. The summed E-state index contributed by atoms with van der Waals surface area (Å²) in [4.78, 5) is 12.3. The van der Waals surface area contributed by atoms with Crippen LogP contribution < -0.4 is 10.0 Å². The van der Waals surface area contributed by atoms with Crippen LogP contribution in [-0.2, 0) is 17.1 Å². The number of carbonyl (C=O) groups excluding carboxylic acids is 1. The number of aryl methyl sites for hydroxylation is 2. The Bertz CT molecular complexity index is 789. The molecule has 8 heteroatoms. The molecule has 0 fully saturated rings. The Morgan fingerprint density at radius 2 is 2.05 bits per heavy atom. The van der Waals surface area contributed by atoms with Crippen molar-refractivity contribution in [1.82, 2.24) is 14.6 Å². The number of furan rings is 1. The summed E-state index contributed by atoms with van der Waals surface area (Å²) in [6, 6.07) is 4.63. The zero-order valence-electron chi connectivity index (χ0n) is 12.9. The van der Waals surface area contributed by atoms with E-state index >= 15 is 0 Å². The molecule has 1 atom stereocenters. The maximum absolute atomic E-state index is 12.3. The minimum atomic E-state index is -3.58. The maximum Gasteiger partial charge on any atom is 0.268 e. The van der Waals surface area contributed by atoms with E-state index in [-0.39, 0.29) is 22.5 Å². The first-order chi connectivity index (χ1) is 10.2. The molecule has 0 aliphatic rings. The van der Waals surface area contributed by atoms with Crippen LogP contribution in [0.4, 0.5) is 0 Å². The van der Waals surface area contributed by atoms with Gasteiger partial charge in [0.05, 0.1) is 6.04 Å². The van der Waals surface area contributed by atoms with Gasteiger partial charge in [0.2, 0.25) is 10.0 Å². The lowest BCUT2D eigenvalue weighted by atomic mass is 10.2. The lowest BCUT2D eigenvalue weighted by molar-refractivity contribution is 0.0927. The van der Waals surface area contributed by atoms with Gasteiger partial charge in [-0.1, -0.05) is 0 Å². The number of aromatic nitrogens is 1. The smallest absolute Gasteiger partial charge is 0.268 e. The number of hydrogen-bond donors (Lipinski definition) is 2. The molecule has 120 valence electrons. The van der Waals surface area contributed by atoms with Gasteiger partial charge in [-0.2, -0.15) is 0 Å². The van der Waals surface area contributed by atoms with E-state index in [1.807, 2.05) is 13.0 Å². The highest BCUT2D eigenvalue weighted by atomic mass is 32.2. The van der Waals surface area contributed by atoms with Gasteiger partial charge in [0.15, 0.2) is 0 Å². The highest BCUT2D eigenvalue weighted by molar-refractivity contribution is 7.89. The van der Waals surface area contributed by atoms with Crippen LogP contribution in [0.1, 0.15) is 35.0 Å². The molecule has 2 aromatic rings. The van der Waals surface area contributed by atoms with E-state index in [9.17, 15) is 13.2 Å². The predicted octanol–water partition coefficient (Wildman–Crippen LogP) is 1.33. The Morgan fingerprint density at radius 1 is 1.36 bits per heavy atom. The molecule has 0 aliphatic heterocycles. The molecule has 2 N–H and O–H groups in total. The van der Waals surface area contributed by atoms with Crippen LogP contribution in [0, 0.1) is 6.92 Å². The number of carbonyl (C=O) groups is 1. The Labute approximate surface area is 129 Å². The number of amides is 1. The van der Waals surface area contributed by atoms with Gasteiger partial charge >= 0.3 is 0 Å². The van der Waals surface area contributed by atoms with Gasteiger partial charge in [0, 0.05) is 13.2 Å². The monoisotopic (exact) mass is 325 g/mol. The minimum absolute atomic E-state index is 0.0455. The van der Waals surface area contributed by atoms with Crippen LogP contribution in [0.5, 0.6) is 0 Å². The van der Waals surface area contributed by atoms with Crippen molar-refractivity contribution in [3.63, 3.8) is 0 Å². The normalized spacial score (nSPS) is 13.1. The van der Waals surface area contributed by atoms with Crippen molar-refractivity contribution in [3.05, 3.63) is 41.6 Å². The van der Waals surface area contributed by atoms with Gasteiger partial charge in [-0.3, -0.25) is 4.79 Å². The third-order valence-electron chi connectivity index (χ3n) is 3.33. The molecule has 0 bridgehead atoms. The van der Waals surface area contributed by atoms with Crippen molar-refractivity contribution in [3.8, 4) is 0 Å². The Hall–Kier alpha value is -2.06. The fraction of sp³-hybridized carbons (Fsp3) is 0.357. The molecule has 7 nitrogen and oxygen atoms in total. The number of nitrogens with one attached hydrogen (secondary N) is 2. The lowest BCUT2D eigenvalue weighted by Crippen LogP contribution is -2.27. The minimum Gasteiger partial charge on any atom is -0.464 e. The highest BCUT2D eigenvalue weighted by Crippen LogP contribution is 2.18.